The van der Waals surface area contributed by atoms with Crippen molar-refractivity contribution < 1.29 is 18.7 Å². The van der Waals surface area contributed by atoms with Crippen LogP contribution in [0.3, 0.4) is 0 Å². The molecule has 3 rings (SSSR count). The summed E-state index contributed by atoms with van der Waals surface area (Å²) < 4.78 is 10.9. The van der Waals surface area contributed by atoms with Crippen LogP contribution in [0.4, 0.5) is 5.69 Å². The van der Waals surface area contributed by atoms with Gasteiger partial charge in [0.1, 0.15) is 11.5 Å². The predicted octanol–water partition coefficient (Wildman–Crippen LogP) is 3.92. The number of nitrogens with one attached hydrogen (secondary N) is 2. The van der Waals surface area contributed by atoms with Gasteiger partial charge in [0.05, 0.1) is 24.1 Å². The van der Waals surface area contributed by atoms with Crippen LogP contribution in [0, 0.1) is 6.92 Å². The lowest BCUT2D eigenvalue weighted by Gasteiger charge is -2.16. The predicted molar refractivity (Wildman–Crippen MR) is 106 cm³/mol. The molecule has 0 saturated carbocycles. The Morgan fingerprint density at radius 2 is 1.89 bits per heavy atom. The largest absolute Gasteiger partial charge is 0.481 e. The molecular formula is C22H22N2O4. The van der Waals surface area contributed by atoms with Crippen LogP contribution in [0.25, 0.3) is 0 Å². The first-order chi connectivity index (χ1) is 13.5. The van der Waals surface area contributed by atoms with E-state index in [1.165, 1.54) is 0 Å². The maximum Gasteiger partial charge on any atom is 0.265 e. The molecular weight excluding hydrogens is 356 g/mol. The third kappa shape index (κ3) is 5.01. The van der Waals surface area contributed by atoms with E-state index in [4.69, 9.17) is 9.15 Å². The second-order valence-corrected chi connectivity index (χ2v) is 6.37. The summed E-state index contributed by atoms with van der Waals surface area (Å²) in [5.41, 5.74) is 1.83. The van der Waals surface area contributed by atoms with E-state index in [0.717, 1.165) is 5.56 Å². The third-order valence-electron chi connectivity index (χ3n) is 4.10. The van der Waals surface area contributed by atoms with Gasteiger partial charge in [0.2, 0.25) is 0 Å². The van der Waals surface area contributed by atoms with E-state index in [1.807, 2.05) is 25.1 Å². The van der Waals surface area contributed by atoms with Crippen molar-refractivity contribution in [1.82, 2.24) is 5.32 Å². The first-order valence-electron chi connectivity index (χ1n) is 8.97. The average Bonchev–Trinajstić information content (AvgIpc) is 3.20. The molecule has 0 aliphatic rings. The summed E-state index contributed by atoms with van der Waals surface area (Å²) in [6.07, 6.45) is 0.826. The summed E-state index contributed by atoms with van der Waals surface area (Å²) in [6, 6.07) is 17.8. The van der Waals surface area contributed by atoms with Gasteiger partial charge in [0.25, 0.3) is 11.8 Å². The van der Waals surface area contributed by atoms with Crippen LogP contribution in [0.1, 0.15) is 28.6 Å². The molecule has 0 bridgehead atoms. The van der Waals surface area contributed by atoms with Gasteiger partial charge in [-0.2, -0.15) is 0 Å². The molecule has 0 aliphatic carbocycles. The number of hydrogen-bond acceptors (Lipinski definition) is 4. The molecule has 0 unspecified atom stereocenters. The SMILES string of the molecule is Cc1cccc(O[C@H](C)C(=O)Nc2ccccc2C(=O)NCc2ccco2)c1. The fourth-order valence-corrected chi connectivity index (χ4v) is 2.65. The Balaban J connectivity index is 1.64. The highest BCUT2D eigenvalue weighted by molar-refractivity contribution is 6.04. The normalized spacial score (nSPS) is 11.5. The van der Waals surface area contributed by atoms with Gasteiger partial charge in [-0.15, -0.1) is 0 Å². The van der Waals surface area contributed by atoms with E-state index >= 15 is 0 Å². The second kappa shape index (κ2) is 8.90. The second-order valence-electron chi connectivity index (χ2n) is 6.37. The number of furan rings is 1. The number of anilines is 1. The van der Waals surface area contributed by atoms with Crippen LogP contribution < -0.4 is 15.4 Å². The van der Waals surface area contributed by atoms with Crippen molar-refractivity contribution in [2.45, 2.75) is 26.5 Å². The van der Waals surface area contributed by atoms with E-state index < -0.39 is 6.10 Å². The zero-order chi connectivity index (χ0) is 19.9. The van der Waals surface area contributed by atoms with Crippen molar-refractivity contribution >= 4 is 17.5 Å². The first-order valence-corrected chi connectivity index (χ1v) is 8.97. The Labute approximate surface area is 163 Å². The zero-order valence-corrected chi connectivity index (χ0v) is 15.8. The lowest BCUT2D eigenvalue weighted by atomic mass is 10.1. The fourth-order valence-electron chi connectivity index (χ4n) is 2.65. The van der Waals surface area contributed by atoms with E-state index in [0.29, 0.717) is 22.8 Å². The average molecular weight is 378 g/mol. The Bertz CT molecular complexity index is 951. The fraction of sp³-hybridized carbons (Fsp3) is 0.182. The Hall–Kier alpha value is -3.54. The van der Waals surface area contributed by atoms with Crippen molar-refractivity contribution in [3.63, 3.8) is 0 Å². The number of carbonyl (C=O) groups is 2. The molecule has 28 heavy (non-hydrogen) atoms. The number of amides is 2. The molecule has 0 radical (unpaired) electrons. The van der Waals surface area contributed by atoms with Gasteiger partial charge in [0, 0.05) is 0 Å². The third-order valence-corrected chi connectivity index (χ3v) is 4.10. The Kier molecular flexibility index (Phi) is 6.11. The van der Waals surface area contributed by atoms with Gasteiger partial charge in [0.15, 0.2) is 6.10 Å². The van der Waals surface area contributed by atoms with Crippen LogP contribution in [-0.2, 0) is 11.3 Å². The summed E-state index contributed by atoms with van der Waals surface area (Å²) in [5.74, 6) is 0.620. The van der Waals surface area contributed by atoms with Gasteiger partial charge in [-0.05, 0) is 55.8 Å². The summed E-state index contributed by atoms with van der Waals surface area (Å²) in [7, 11) is 0. The van der Waals surface area contributed by atoms with E-state index in [9.17, 15) is 9.59 Å². The maximum absolute atomic E-state index is 12.5. The molecule has 144 valence electrons. The highest BCUT2D eigenvalue weighted by Gasteiger charge is 2.18. The number of rotatable bonds is 7. The van der Waals surface area contributed by atoms with Crippen LogP contribution >= 0.6 is 0 Å². The molecule has 1 heterocycles. The van der Waals surface area contributed by atoms with Gasteiger partial charge >= 0.3 is 0 Å². The highest BCUT2D eigenvalue weighted by Crippen LogP contribution is 2.18. The number of aryl methyl sites for hydroxylation is 1. The minimum Gasteiger partial charge on any atom is -0.481 e. The number of hydrogen-bond donors (Lipinski definition) is 2. The summed E-state index contributed by atoms with van der Waals surface area (Å²) in [5, 5.41) is 5.55. The molecule has 0 aliphatic heterocycles. The topological polar surface area (TPSA) is 80.6 Å². The standard InChI is InChI=1S/C22H22N2O4/c1-15-7-5-8-17(13-15)28-16(2)21(25)24-20-11-4-3-10-19(20)22(26)23-14-18-9-6-12-27-18/h3-13,16H,14H2,1-2H3,(H,23,26)(H,24,25)/t16-/m1/s1. The molecule has 1 atom stereocenters. The molecule has 2 amide bonds. The molecule has 0 saturated heterocycles. The van der Waals surface area contributed by atoms with Gasteiger partial charge in [-0.25, -0.2) is 0 Å². The van der Waals surface area contributed by atoms with E-state index in [2.05, 4.69) is 10.6 Å². The molecule has 6 nitrogen and oxygen atoms in total. The highest BCUT2D eigenvalue weighted by atomic mass is 16.5. The maximum atomic E-state index is 12.5. The van der Waals surface area contributed by atoms with Crippen molar-refractivity contribution in [2.75, 3.05) is 5.32 Å². The van der Waals surface area contributed by atoms with Crippen molar-refractivity contribution in [2.24, 2.45) is 0 Å². The number of carbonyl (C=O) groups excluding carboxylic acids is 2. The number of para-hydroxylation sites is 1. The van der Waals surface area contributed by atoms with Crippen LogP contribution in [0.2, 0.25) is 0 Å². The Morgan fingerprint density at radius 1 is 1.07 bits per heavy atom. The number of ether oxygens (including phenoxy) is 1. The lowest BCUT2D eigenvalue weighted by molar-refractivity contribution is -0.122. The quantitative estimate of drug-likeness (QED) is 0.653. The molecule has 6 heteroatoms. The van der Waals surface area contributed by atoms with Crippen molar-refractivity contribution in [3.05, 3.63) is 83.8 Å². The lowest BCUT2D eigenvalue weighted by Crippen LogP contribution is -2.31. The van der Waals surface area contributed by atoms with Crippen LogP contribution in [0.5, 0.6) is 5.75 Å². The summed E-state index contributed by atoms with van der Waals surface area (Å²) in [6.45, 7) is 3.88. The van der Waals surface area contributed by atoms with Gasteiger partial charge < -0.3 is 19.8 Å². The smallest absolute Gasteiger partial charge is 0.265 e. The monoisotopic (exact) mass is 378 g/mol. The number of benzene rings is 2. The van der Waals surface area contributed by atoms with Crippen LogP contribution in [-0.4, -0.2) is 17.9 Å². The van der Waals surface area contributed by atoms with Gasteiger partial charge in [-0.1, -0.05) is 24.3 Å². The zero-order valence-electron chi connectivity index (χ0n) is 15.8. The summed E-state index contributed by atoms with van der Waals surface area (Å²) >= 11 is 0. The molecule has 2 aromatic carbocycles. The molecule has 3 aromatic rings. The minimum atomic E-state index is -0.721. The minimum absolute atomic E-state index is 0.265. The summed E-state index contributed by atoms with van der Waals surface area (Å²) in [4.78, 5) is 25.0. The van der Waals surface area contributed by atoms with E-state index in [-0.39, 0.29) is 18.4 Å². The molecule has 0 spiro atoms. The molecule has 2 N–H and O–H groups in total. The Morgan fingerprint density at radius 3 is 2.64 bits per heavy atom. The van der Waals surface area contributed by atoms with E-state index in [1.54, 1.807) is 55.7 Å². The van der Waals surface area contributed by atoms with Crippen LogP contribution in [0.15, 0.2) is 71.3 Å². The van der Waals surface area contributed by atoms with Crippen molar-refractivity contribution in [3.8, 4) is 5.75 Å². The first kappa shape index (κ1) is 19.2. The molecule has 0 fully saturated rings. The van der Waals surface area contributed by atoms with Crippen molar-refractivity contribution in [1.29, 1.82) is 0 Å². The molecule has 1 aromatic heterocycles. The van der Waals surface area contributed by atoms with Gasteiger partial charge in [-0.3, -0.25) is 9.59 Å².